The first-order chi connectivity index (χ1) is 13.0. The third-order valence-corrected chi connectivity index (χ3v) is 9.73. The Balaban J connectivity index is 1.62. The fourth-order valence-corrected chi connectivity index (χ4v) is 9.23. The highest BCUT2D eigenvalue weighted by Gasteiger charge is 2.82. The molecule has 5 bridgehead atoms. The first-order valence-corrected chi connectivity index (χ1v) is 11.1. The van der Waals surface area contributed by atoms with Gasteiger partial charge in [-0.05, 0) is 30.4 Å². The maximum atomic E-state index is 11.9. The van der Waals surface area contributed by atoms with Gasteiger partial charge in [-0.15, -0.1) is 0 Å². The number of fused-ring (bicyclic) bond motifs is 2. The van der Waals surface area contributed by atoms with E-state index in [0.717, 1.165) is 30.3 Å². The van der Waals surface area contributed by atoms with E-state index in [9.17, 15) is 10.2 Å². The maximum absolute atomic E-state index is 11.9. The number of nitrogens with zero attached hydrogens (tertiary/aromatic N) is 2. The molecule has 146 valence electrons. The molecular formula is C23H33N2O2+. The fourth-order valence-electron chi connectivity index (χ4n) is 9.23. The molecule has 1 aromatic carbocycles. The van der Waals surface area contributed by atoms with Crippen molar-refractivity contribution in [2.24, 2.45) is 17.8 Å². The van der Waals surface area contributed by atoms with E-state index in [1.807, 2.05) is 0 Å². The van der Waals surface area contributed by atoms with Crippen LogP contribution >= 0.6 is 0 Å². The molecule has 5 heterocycles. The summed E-state index contributed by atoms with van der Waals surface area (Å²) in [6.07, 6.45) is 3.84. The zero-order valence-electron chi connectivity index (χ0n) is 16.8. The Labute approximate surface area is 162 Å². The third kappa shape index (κ3) is 1.51. The zero-order chi connectivity index (χ0) is 18.7. The van der Waals surface area contributed by atoms with E-state index in [-0.39, 0.29) is 17.7 Å². The van der Waals surface area contributed by atoms with Crippen LogP contribution < -0.4 is 4.90 Å². The Morgan fingerprint density at radius 1 is 1.19 bits per heavy atom. The Morgan fingerprint density at radius 3 is 2.70 bits per heavy atom. The molecule has 1 aromatic rings. The van der Waals surface area contributed by atoms with Crippen LogP contribution in [0.15, 0.2) is 24.3 Å². The molecule has 4 saturated heterocycles. The Kier molecular flexibility index (Phi) is 3.17. The van der Waals surface area contributed by atoms with Crippen molar-refractivity contribution in [1.29, 1.82) is 0 Å². The Bertz CT molecular complexity index is 798. The van der Waals surface area contributed by atoms with E-state index < -0.39 is 0 Å². The number of piperidine rings is 4. The quantitative estimate of drug-likeness (QED) is 0.805. The number of benzene rings is 1. The molecule has 0 aromatic heterocycles. The molecule has 10 atom stereocenters. The number of para-hydroxylation sites is 1. The summed E-state index contributed by atoms with van der Waals surface area (Å²) < 4.78 is 0.873. The molecule has 4 nitrogen and oxygen atoms in total. The molecule has 6 aliphatic rings. The lowest BCUT2D eigenvalue weighted by Gasteiger charge is -2.68. The Hall–Kier alpha value is -1.10. The van der Waals surface area contributed by atoms with Crippen LogP contribution in [-0.2, 0) is 5.41 Å². The number of rotatable bonds is 3. The molecule has 1 aliphatic carbocycles. The van der Waals surface area contributed by atoms with Crippen LogP contribution in [0.5, 0.6) is 0 Å². The number of aliphatic hydroxyl groups excluding tert-OH is 2. The largest absolute Gasteiger partial charge is 0.392 e. The second kappa shape index (κ2) is 5.08. The summed E-state index contributed by atoms with van der Waals surface area (Å²) in [5, 5.41) is 23.6. The molecule has 0 amide bonds. The zero-order valence-corrected chi connectivity index (χ0v) is 16.8. The van der Waals surface area contributed by atoms with Crippen molar-refractivity contribution in [2.75, 3.05) is 18.5 Å². The molecule has 5 fully saturated rings. The van der Waals surface area contributed by atoms with E-state index in [1.54, 1.807) is 0 Å². The number of hydrogen-bond donors (Lipinski definition) is 2. The molecule has 1 saturated carbocycles. The monoisotopic (exact) mass is 369 g/mol. The van der Waals surface area contributed by atoms with Gasteiger partial charge in [0, 0.05) is 37.4 Å². The summed E-state index contributed by atoms with van der Waals surface area (Å²) in [6, 6.07) is 9.97. The van der Waals surface area contributed by atoms with Gasteiger partial charge in [0.15, 0.2) is 6.23 Å². The number of aliphatic hydroxyl groups is 2. The SMILES string of the molecule is CCC[N+]12[C@@H]3C[C@@H]([C@H](CC)[C@@H]1O)[C@H]1[C@@H](O)[C@]4(C[C@@H]12)c1ccccc1N(C)[C@H]34. The van der Waals surface area contributed by atoms with Crippen molar-refractivity contribution in [1.82, 2.24) is 0 Å². The molecule has 1 unspecified atom stereocenters. The fraction of sp³-hybridized carbons (Fsp3) is 0.739. The minimum Gasteiger partial charge on any atom is -0.392 e. The normalized spacial score (nSPS) is 53.7. The van der Waals surface area contributed by atoms with Gasteiger partial charge in [0.2, 0.25) is 0 Å². The molecule has 2 N–H and O–H groups in total. The number of likely N-dealkylation sites (N-methyl/N-ethyl adjacent to an activating group) is 1. The highest BCUT2D eigenvalue weighted by atomic mass is 16.3. The second-order valence-corrected chi connectivity index (χ2v) is 10.1. The van der Waals surface area contributed by atoms with Crippen LogP contribution in [0.1, 0.15) is 45.1 Å². The average Bonchev–Trinajstić information content (AvgIpc) is 3.06. The smallest absolute Gasteiger partial charge is 0.194 e. The predicted octanol–water partition coefficient (Wildman–Crippen LogP) is 2.48. The summed E-state index contributed by atoms with van der Waals surface area (Å²) in [6.45, 7) is 5.56. The van der Waals surface area contributed by atoms with Gasteiger partial charge in [0.05, 0.1) is 30.1 Å². The van der Waals surface area contributed by atoms with Crippen LogP contribution in [0.4, 0.5) is 5.69 Å². The molecule has 5 aliphatic heterocycles. The second-order valence-electron chi connectivity index (χ2n) is 10.1. The lowest BCUT2D eigenvalue weighted by molar-refractivity contribution is -1.04. The number of anilines is 1. The highest BCUT2D eigenvalue weighted by molar-refractivity contribution is 5.66. The lowest BCUT2D eigenvalue weighted by atomic mass is 9.60. The van der Waals surface area contributed by atoms with Gasteiger partial charge in [0.25, 0.3) is 0 Å². The first-order valence-electron chi connectivity index (χ1n) is 11.1. The van der Waals surface area contributed by atoms with E-state index in [4.69, 9.17) is 0 Å². The van der Waals surface area contributed by atoms with Gasteiger partial charge < -0.3 is 15.1 Å². The van der Waals surface area contributed by atoms with Crippen molar-refractivity contribution in [3.8, 4) is 0 Å². The molecule has 0 radical (unpaired) electrons. The van der Waals surface area contributed by atoms with Crippen molar-refractivity contribution < 1.29 is 14.7 Å². The Morgan fingerprint density at radius 2 is 1.96 bits per heavy atom. The van der Waals surface area contributed by atoms with Gasteiger partial charge in [-0.3, -0.25) is 4.48 Å². The van der Waals surface area contributed by atoms with Gasteiger partial charge in [0.1, 0.15) is 6.04 Å². The predicted molar refractivity (Wildman–Crippen MR) is 105 cm³/mol. The van der Waals surface area contributed by atoms with Crippen LogP contribution in [0.3, 0.4) is 0 Å². The van der Waals surface area contributed by atoms with Gasteiger partial charge in [-0.1, -0.05) is 32.0 Å². The molecule has 7 rings (SSSR count). The molecule has 4 heteroatoms. The summed E-state index contributed by atoms with van der Waals surface area (Å²) in [5.74, 6) is 1.18. The minimum atomic E-state index is -0.271. The van der Waals surface area contributed by atoms with Crippen LogP contribution in [-0.4, -0.2) is 58.7 Å². The summed E-state index contributed by atoms with van der Waals surface area (Å²) in [4.78, 5) is 2.48. The van der Waals surface area contributed by atoms with Crippen molar-refractivity contribution in [3.05, 3.63) is 29.8 Å². The molecule has 1 spiro atoms. The summed E-state index contributed by atoms with van der Waals surface area (Å²) in [7, 11) is 2.23. The lowest BCUT2D eigenvalue weighted by Crippen LogP contribution is -2.83. The number of hydrogen-bond acceptors (Lipinski definition) is 3. The van der Waals surface area contributed by atoms with Crippen molar-refractivity contribution >= 4 is 5.69 Å². The van der Waals surface area contributed by atoms with Gasteiger partial charge in [-0.25, -0.2) is 0 Å². The van der Waals surface area contributed by atoms with Crippen LogP contribution in [0.2, 0.25) is 0 Å². The third-order valence-electron chi connectivity index (χ3n) is 9.73. The van der Waals surface area contributed by atoms with Gasteiger partial charge in [-0.2, -0.15) is 0 Å². The van der Waals surface area contributed by atoms with Crippen LogP contribution in [0.25, 0.3) is 0 Å². The topological polar surface area (TPSA) is 43.7 Å². The van der Waals surface area contributed by atoms with E-state index in [1.165, 1.54) is 17.7 Å². The summed E-state index contributed by atoms with van der Waals surface area (Å²) in [5.41, 5.74) is 2.56. The molecule has 27 heavy (non-hydrogen) atoms. The average molecular weight is 370 g/mol. The van der Waals surface area contributed by atoms with E-state index in [2.05, 4.69) is 50.1 Å². The maximum Gasteiger partial charge on any atom is 0.194 e. The number of quaternary nitrogens is 1. The first kappa shape index (κ1) is 16.8. The van der Waals surface area contributed by atoms with Crippen LogP contribution in [0, 0.1) is 17.8 Å². The summed E-state index contributed by atoms with van der Waals surface area (Å²) >= 11 is 0. The van der Waals surface area contributed by atoms with E-state index in [0.29, 0.717) is 35.9 Å². The van der Waals surface area contributed by atoms with Gasteiger partial charge >= 0.3 is 0 Å². The minimum absolute atomic E-state index is 0.127. The van der Waals surface area contributed by atoms with Crippen molar-refractivity contribution in [3.63, 3.8) is 0 Å². The standard InChI is InChI=1S/C23H33N2O2/c1-4-10-25-17-11-14(13(5-2)22(25)27)19-18(25)12-23(21(19)26)15-8-6-7-9-16(15)24(3)20(17)23/h6-9,13-14,17-22,26-27H,4-5,10-12H2,1-3H3/q+1/t13-,14-,17+,18-,19+,20+,21+,22-,23+,25?/m0/s1. The highest BCUT2D eigenvalue weighted by Crippen LogP contribution is 2.71. The van der Waals surface area contributed by atoms with E-state index >= 15 is 0 Å². The molecular weight excluding hydrogens is 336 g/mol. The van der Waals surface area contributed by atoms with Crippen molar-refractivity contribution in [2.45, 2.75) is 75.4 Å².